The van der Waals surface area contributed by atoms with Gasteiger partial charge >= 0.3 is 0 Å². The van der Waals surface area contributed by atoms with Crippen LogP contribution >= 0.6 is 0 Å². The van der Waals surface area contributed by atoms with E-state index >= 15 is 0 Å². The van der Waals surface area contributed by atoms with Gasteiger partial charge in [0, 0.05) is 31.3 Å². The van der Waals surface area contributed by atoms with Crippen LogP contribution in [0.5, 0.6) is 0 Å². The summed E-state index contributed by atoms with van der Waals surface area (Å²) >= 11 is 0. The summed E-state index contributed by atoms with van der Waals surface area (Å²) in [6, 6.07) is 4.31. The fraction of sp³-hybridized carbons (Fsp3) is 0.647. The Morgan fingerprint density at radius 2 is 1.77 bits per heavy atom. The lowest BCUT2D eigenvalue weighted by atomic mass is 10.0. The van der Waals surface area contributed by atoms with Crippen LogP contribution in [0.1, 0.15) is 38.5 Å². The van der Waals surface area contributed by atoms with Gasteiger partial charge in [0.15, 0.2) is 0 Å². The first kappa shape index (κ1) is 19.1. The van der Waals surface area contributed by atoms with E-state index in [1.54, 1.807) is 0 Å². The third-order valence-corrected chi connectivity index (χ3v) is 6.30. The van der Waals surface area contributed by atoms with Crippen LogP contribution in [0.15, 0.2) is 23.1 Å². The molecule has 9 heteroatoms. The molecule has 2 aliphatic rings. The molecule has 2 N–H and O–H groups in total. The Bertz CT molecular complexity index is 760. The highest BCUT2D eigenvalue weighted by atomic mass is 32.2. The monoisotopic (exact) mass is 382 g/mol. The Hall–Kier alpha value is -1.71. The first-order chi connectivity index (χ1) is 12.4. The van der Waals surface area contributed by atoms with Gasteiger partial charge in [0.1, 0.15) is 4.90 Å². The number of piperidine rings is 1. The molecule has 0 bridgehead atoms. The van der Waals surface area contributed by atoms with E-state index in [0.29, 0.717) is 11.7 Å². The minimum Gasteiger partial charge on any atom is -0.369 e. The van der Waals surface area contributed by atoms with Crippen molar-refractivity contribution in [3.63, 3.8) is 0 Å². The SMILES string of the molecule is NS(=O)(=O)c1cc([N+](=O)[O-])ccc1N1CCCC(N2CCCCCC2)C1. The quantitative estimate of drug-likeness (QED) is 0.631. The summed E-state index contributed by atoms with van der Waals surface area (Å²) in [5, 5.41) is 16.4. The maximum Gasteiger partial charge on any atom is 0.270 e. The molecule has 1 atom stereocenters. The fourth-order valence-corrected chi connectivity index (χ4v) is 4.81. The molecule has 2 heterocycles. The third kappa shape index (κ3) is 4.33. The van der Waals surface area contributed by atoms with Crippen molar-refractivity contribution >= 4 is 21.4 Å². The van der Waals surface area contributed by atoms with E-state index in [4.69, 9.17) is 5.14 Å². The van der Waals surface area contributed by atoms with E-state index in [1.807, 2.05) is 4.90 Å². The normalized spacial score (nSPS) is 22.8. The van der Waals surface area contributed by atoms with Crippen LogP contribution in [0.25, 0.3) is 0 Å². The van der Waals surface area contributed by atoms with Gasteiger partial charge in [-0.05, 0) is 44.8 Å². The number of likely N-dealkylation sites (tertiary alicyclic amines) is 1. The Morgan fingerprint density at radius 3 is 2.38 bits per heavy atom. The number of benzene rings is 1. The Labute approximate surface area is 154 Å². The first-order valence-corrected chi connectivity index (χ1v) is 10.7. The summed E-state index contributed by atoms with van der Waals surface area (Å²) in [7, 11) is -4.05. The van der Waals surface area contributed by atoms with Gasteiger partial charge in [0.25, 0.3) is 5.69 Å². The number of nitrogens with zero attached hydrogens (tertiary/aromatic N) is 3. The molecular weight excluding hydrogens is 356 g/mol. The largest absolute Gasteiger partial charge is 0.369 e. The standard InChI is InChI=1S/C17H26N4O4S/c18-26(24,25)17-12-14(21(22)23)7-8-16(17)20-11-5-6-15(13-20)19-9-3-1-2-4-10-19/h7-8,12,15H,1-6,9-11,13H2,(H2,18,24,25). The second-order valence-electron chi connectivity index (χ2n) is 7.15. The van der Waals surface area contributed by atoms with Gasteiger partial charge < -0.3 is 4.90 Å². The average Bonchev–Trinajstić information content (AvgIpc) is 2.90. The molecule has 1 unspecified atom stereocenters. The maximum absolute atomic E-state index is 12.0. The Kier molecular flexibility index (Phi) is 5.79. The first-order valence-electron chi connectivity index (χ1n) is 9.16. The zero-order valence-corrected chi connectivity index (χ0v) is 15.7. The van der Waals surface area contributed by atoms with Gasteiger partial charge in [-0.15, -0.1) is 0 Å². The van der Waals surface area contributed by atoms with Crippen LogP contribution in [0.2, 0.25) is 0 Å². The second-order valence-corrected chi connectivity index (χ2v) is 8.68. The van der Waals surface area contributed by atoms with Crippen LogP contribution in [0.4, 0.5) is 11.4 Å². The number of anilines is 1. The van der Waals surface area contributed by atoms with E-state index in [1.165, 1.54) is 37.8 Å². The Balaban J connectivity index is 1.86. The zero-order valence-electron chi connectivity index (χ0n) is 14.8. The molecule has 1 aromatic rings. The van der Waals surface area contributed by atoms with Crippen LogP contribution in [0.3, 0.4) is 0 Å². The van der Waals surface area contributed by atoms with Crippen molar-refractivity contribution in [1.82, 2.24) is 4.90 Å². The van der Waals surface area contributed by atoms with Crippen LogP contribution < -0.4 is 10.0 Å². The van der Waals surface area contributed by atoms with Gasteiger partial charge in [-0.25, -0.2) is 13.6 Å². The summed E-state index contributed by atoms with van der Waals surface area (Å²) in [4.78, 5) is 14.8. The predicted octanol–water partition coefficient (Wildman–Crippen LogP) is 2.09. The highest BCUT2D eigenvalue weighted by Gasteiger charge is 2.29. The van der Waals surface area contributed by atoms with Crippen molar-refractivity contribution in [2.24, 2.45) is 5.14 Å². The van der Waals surface area contributed by atoms with Crippen LogP contribution in [-0.4, -0.2) is 50.5 Å². The van der Waals surface area contributed by atoms with Crippen molar-refractivity contribution in [1.29, 1.82) is 0 Å². The smallest absolute Gasteiger partial charge is 0.270 e. The van der Waals surface area contributed by atoms with Crippen molar-refractivity contribution in [2.75, 3.05) is 31.1 Å². The summed E-state index contributed by atoms with van der Waals surface area (Å²) < 4.78 is 24.0. The van der Waals surface area contributed by atoms with Crippen molar-refractivity contribution in [3.05, 3.63) is 28.3 Å². The zero-order chi connectivity index (χ0) is 18.7. The van der Waals surface area contributed by atoms with Gasteiger partial charge in [0.05, 0.1) is 10.6 Å². The van der Waals surface area contributed by atoms with E-state index in [0.717, 1.165) is 45.1 Å². The molecule has 0 aliphatic carbocycles. The average molecular weight is 382 g/mol. The molecule has 3 rings (SSSR count). The minimum absolute atomic E-state index is 0.164. The highest BCUT2D eigenvalue weighted by molar-refractivity contribution is 7.89. The van der Waals surface area contributed by atoms with E-state index in [2.05, 4.69) is 4.90 Å². The maximum atomic E-state index is 12.0. The molecule has 0 radical (unpaired) electrons. The second kappa shape index (κ2) is 7.89. The number of hydrogen-bond acceptors (Lipinski definition) is 6. The lowest BCUT2D eigenvalue weighted by Crippen LogP contribution is -2.48. The Morgan fingerprint density at radius 1 is 1.08 bits per heavy atom. The summed E-state index contributed by atoms with van der Waals surface area (Å²) in [5.41, 5.74) is 0.205. The third-order valence-electron chi connectivity index (χ3n) is 5.35. The molecule has 0 saturated carbocycles. The minimum atomic E-state index is -4.05. The van der Waals surface area contributed by atoms with Crippen molar-refractivity contribution in [2.45, 2.75) is 49.5 Å². The lowest BCUT2D eigenvalue weighted by Gasteiger charge is -2.40. The fourth-order valence-electron chi connectivity index (χ4n) is 4.04. The number of nitro benzene ring substituents is 1. The number of non-ortho nitro benzene ring substituents is 1. The molecule has 0 amide bonds. The molecule has 1 aromatic carbocycles. The topological polar surface area (TPSA) is 110 Å². The molecule has 0 aromatic heterocycles. The summed E-state index contributed by atoms with van der Waals surface area (Å²) in [5.74, 6) is 0. The number of rotatable bonds is 4. The highest BCUT2D eigenvalue weighted by Crippen LogP contribution is 2.31. The van der Waals surface area contributed by atoms with Crippen molar-refractivity contribution in [3.8, 4) is 0 Å². The van der Waals surface area contributed by atoms with Gasteiger partial charge in [-0.2, -0.15) is 0 Å². The van der Waals surface area contributed by atoms with E-state index < -0.39 is 14.9 Å². The van der Waals surface area contributed by atoms with E-state index in [9.17, 15) is 18.5 Å². The molecule has 2 saturated heterocycles. The molecule has 0 spiro atoms. The van der Waals surface area contributed by atoms with Crippen LogP contribution in [0, 0.1) is 10.1 Å². The number of primary sulfonamides is 1. The molecular formula is C17H26N4O4S. The number of hydrogen-bond donors (Lipinski definition) is 1. The van der Waals surface area contributed by atoms with Gasteiger partial charge in [0.2, 0.25) is 10.0 Å². The van der Waals surface area contributed by atoms with Gasteiger partial charge in [-0.1, -0.05) is 12.8 Å². The number of nitrogens with two attached hydrogens (primary N) is 1. The number of sulfonamides is 1. The van der Waals surface area contributed by atoms with E-state index in [-0.39, 0.29) is 10.6 Å². The molecule has 2 fully saturated rings. The predicted molar refractivity (Wildman–Crippen MR) is 99.7 cm³/mol. The molecule has 144 valence electrons. The van der Waals surface area contributed by atoms with Crippen LogP contribution in [-0.2, 0) is 10.0 Å². The van der Waals surface area contributed by atoms with Gasteiger partial charge in [-0.3, -0.25) is 15.0 Å². The summed E-state index contributed by atoms with van der Waals surface area (Å²) in [6.07, 6.45) is 7.00. The lowest BCUT2D eigenvalue weighted by molar-refractivity contribution is -0.385. The molecule has 8 nitrogen and oxygen atoms in total. The molecule has 26 heavy (non-hydrogen) atoms. The van der Waals surface area contributed by atoms with Crippen molar-refractivity contribution < 1.29 is 13.3 Å². The molecule has 2 aliphatic heterocycles. The number of nitro groups is 1. The summed E-state index contributed by atoms with van der Waals surface area (Å²) in [6.45, 7) is 3.62.